The van der Waals surface area contributed by atoms with E-state index in [0.717, 1.165) is 32.4 Å². The Kier molecular flexibility index (Phi) is 5.65. The van der Waals surface area contributed by atoms with Crippen LogP contribution in [0.2, 0.25) is 0 Å². The molecule has 1 aliphatic rings. The molecule has 0 saturated carbocycles. The molecule has 3 heteroatoms. The van der Waals surface area contributed by atoms with Crippen molar-refractivity contribution in [2.75, 3.05) is 19.7 Å². The average molecular weight is 305 g/mol. The molecule has 22 heavy (non-hydrogen) atoms. The van der Waals surface area contributed by atoms with E-state index in [0.29, 0.717) is 6.54 Å². The molecule has 3 nitrogen and oxygen atoms in total. The first-order chi connectivity index (χ1) is 10.4. The molecule has 1 aliphatic heterocycles. The van der Waals surface area contributed by atoms with Gasteiger partial charge in [0.2, 0.25) is 0 Å². The number of aryl methyl sites for hydroxylation is 3. The van der Waals surface area contributed by atoms with Gasteiger partial charge in [0, 0.05) is 18.5 Å². The number of hydrogen-bond acceptors (Lipinski definition) is 3. The van der Waals surface area contributed by atoms with Gasteiger partial charge in [-0.1, -0.05) is 31.0 Å². The average Bonchev–Trinajstić information content (AvgIpc) is 2.46. The van der Waals surface area contributed by atoms with Gasteiger partial charge >= 0.3 is 0 Å². The van der Waals surface area contributed by atoms with Crippen molar-refractivity contribution in [3.8, 4) is 0 Å². The Labute approximate surface area is 135 Å². The summed E-state index contributed by atoms with van der Waals surface area (Å²) in [7, 11) is 0. The molecule has 0 radical (unpaired) electrons. The second-order valence-corrected chi connectivity index (χ2v) is 7.15. The molecule has 2 atom stereocenters. The fraction of sp³-hybridized carbons (Fsp3) is 0.684. The van der Waals surface area contributed by atoms with Crippen molar-refractivity contribution in [2.24, 2.45) is 5.41 Å². The molecule has 0 amide bonds. The second-order valence-electron chi connectivity index (χ2n) is 7.15. The van der Waals surface area contributed by atoms with Gasteiger partial charge in [0.05, 0.1) is 12.7 Å². The van der Waals surface area contributed by atoms with E-state index in [1.807, 2.05) is 0 Å². The van der Waals surface area contributed by atoms with Crippen LogP contribution in [0.5, 0.6) is 0 Å². The summed E-state index contributed by atoms with van der Waals surface area (Å²) in [4.78, 5) is 2.33. The van der Waals surface area contributed by atoms with Gasteiger partial charge in [0.1, 0.15) is 0 Å². The molecule has 0 aliphatic carbocycles. The van der Waals surface area contributed by atoms with Crippen LogP contribution in [0.4, 0.5) is 0 Å². The van der Waals surface area contributed by atoms with E-state index in [-0.39, 0.29) is 12.0 Å². The van der Waals surface area contributed by atoms with Gasteiger partial charge in [-0.05, 0) is 56.8 Å². The topological polar surface area (TPSA) is 43.7 Å². The van der Waals surface area contributed by atoms with Gasteiger partial charge in [0.25, 0.3) is 0 Å². The molecule has 1 aromatic rings. The highest BCUT2D eigenvalue weighted by molar-refractivity contribution is 5.37. The lowest BCUT2D eigenvalue weighted by atomic mass is 9.73. The summed E-state index contributed by atoms with van der Waals surface area (Å²) in [6.45, 7) is 11.2. The predicted molar refractivity (Wildman–Crippen MR) is 91.0 cm³/mol. The lowest BCUT2D eigenvalue weighted by Gasteiger charge is -2.45. The molecular formula is C19H31NO2. The molecule has 2 N–H and O–H groups in total. The number of hydrogen-bond donors (Lipinski definition) is 2. The number of likely N-dealkylation sites (tertiary alicyclic amines) is 1. The summed E-state index contributed by atoms with van der Waals surface area (Å²) >= 11 is 0. The summed E-state index contributed by atoms with van der Waals surface area (Å²) < 4.78 is 0. The number of β-amino-alcohol motifs (C(OH)–C–C–N with tert-alkyl or cyclic N) is 1. The molecule has 0 bridgehead atoms. The summed E-state index contributed by atoms with van der Waals surface area (Å²) in [5.74, 6) is 0. The van der Waals surface area contributed by atoms with Crippen molar-refractivity contribution in [1.82, 2.24) is 4.90 Å². The molecule has 1 saturated heterocycles. The second kappa shape index (κ2) is 7.12. The van der Waals surface area contributed by atoms with Gasteiger partial charge in [0.15, 0.2) is 0 Å². The molecule has 2 rings (SSSR count). The molecule has 124 valence electrons. The molecule has 0 aromatic heterocycles. The summed E-state index contributed by atoms with van der Waals surface area (Å²) in [5, 5.41) is 20.3. The fourth-order valence-corrected chi connectivity index (χ4v) is 3.96. The number of aliphatic hydroxyl groups excluding tert-OH is 2. The van der Waals surface area contributed by atoms with Gasteiger partial charge in [-0.2, -0.15) is 0 Å². The van der Waals surface area contributed by atoms with Crippen LogP contribution in [-0.2, 0) is 6.54 Å². The minimum Gasteiger partial charge on any atom is -0.396 e. The predicted octanol–water partition coefficient (Wildman–Crippen LogP) is 2.96. The Morgan fingerprint density at radius 1 is 1.23 bits per heavy atom. The zero-order chi connectivity index (χ0) is 16.3. The van der Waals surface area contributed by atoms with E-state index in [9.17, 15) is 10.2 Å². The quantitative estimate of drug-likeness (QED) is 0.879. The van der Waals surface area contributed by atoms with E-state index < -0.39 is 6.10 Å². The van der Waals surface area contributed by atoms with Crippen LogP contribution >= 0.6 is 0 Å². The third kappa shape index (κ3) is 3.53. The van der Waals surface area contributed by atoms with Crippen molar-refractivity contribution < 1.29 is 10.2 Å². The Bertz CT molecular complexity index is 491. The zero-order valence-electron chi connectivity index (χ0n) is 14.5. The van der Waals surface area contributed by atoms with Crippen molar-refractivity contribution in [2.45, 2.75) is 59.6 Å². The molecular weight excluding hydrogens is 274 g/mol. The van der Waals surface area contributed by atoms with Crippen LogP contribution in [-0.4, -0.2) is 40.9 Å². The Morgan fingerprint density at radius 2 is 1.86 bits per heavy atom. The summed E-state index contributed by atoms with van der Waals surface area (Å²) in [6, 6.07) is 4.47. The van der Waals surface area contributed by atoms with E-state index in [1.54, 1.807) is 0 Å². The molecule has 1 heterocycles. The van der Waals surface area contributed by atoms with Gasteiger partial charge in [-0.3, -0.25) is 4.90 Å². The number of rotatable bonds is 5. The van der Waals surface area contributed by atoms with E-state index in [2.05, 4.69) is 44.7 Å². The van der Waals surface area contributed by atoms with Crippen LogP contribution in [0.3, 0.4) is 0 Å². The molecule has 0 unspecified atom stereocenters. The first kappa shape index (κ1) is 17.5. The maximum Gasteiger partial charge on any atom is 0.0745 e. The summed E-state index contributed by atoms with van der Waals surface area (Å²) in [6.07, 6.45) is 2.36. The van der Waals surface area contributed by atoms with Gasteiger partial charge in [-0.25, -0.2) is 0 Å². The Hall–Kier alpha value is -0.900. The molecule has 1 fully saturated rings. The van der Waals surface area contributed by atoms with Crippen LogP contribution in [0.1, 0.15) is 48.4 Å². The minimum atomic E-state index is -0.433. The van der Waals surface area contributed by atoms with Crippen molar-refractivity contribution in [1.29, 1.82) is 0 Å². The smallest absolute Gasteiger partial charge is 0.0745 e. The molecule has 0 spiro atoms. The fourth-order valence-electron chi connectivity index (χ4n) is 3.96. The first-order valence-electron chi connectivity index (χ1n) is 8.50. The SMILES string of the molecule is CCC[C@]1(CO)CCN(Cc2c(C)cc(C)cc2C)C[C@H]1O. The van der Waals surface area contributed by atoms with E-state index >= 15 is 0 Å². The van der Waals surface area contributed by atoms with Crippen LogP contribution < -0.4 is 0 Å². The van der Waals surface area contributed by atoms with E-state index in [4.69, 9.17) is 0 Å². The van der Waals surface area contributed by atoms with Crippen LogP contribution in [0.15, 0.2) is 12.1 Å². The number of piperidine rings is 1. The lowest BCUT2D eigenvalue weighted by molar-refractivity contribution is -0.0803. The third-order valence-electron chi connectivity index (χ3n) is 5.35. The standard InChI is InChI=1S/C19H31NO2/c1-5-6-19(13-21)7-8-20(12-18(19)22)11-17-15(3)9-14(2)10-16(17)4/h9-10,18,21-22H,5-8,11-13H2,1-4H3/t18-,19-/m1/s1. The minimum absolute atomic E-state index is 0.0957. The number of nitrogens with zero attached hydrogens (tertiary/aromatic N) is 1. The first-order valence-corrected chi connectivity index (χ1v) is 8.50. The van der Waals surface area contributed by atoms with E-state index in [1.165, 1.54) is 22.3 Å². The van der Waals surface area contributed by atoms with Crippen molar-refractivity contribution in [3.63, 3.8) is 0 Å². The Balaban J connectivity index is 2.09. The lowest BCUT2D eigenvalue weighted by Crippen LogP contribution is -2.52. The normalized spacial score (nSPS) is 26.4. The Morgan fingerprint density at radius 3 is 2.36 bits per heavy atom. The largest absolute Gasteiger partial charge is 0.396 e. The molecule has 1 aromatic carbocycles. The van der Waals surface area contributed by atoms with Gasteiger partial charge < -0.3 is 10.2 Å². The van der Waals surface area contributed by atoms with Crippen molar-refractivity contribution >= 4 is 0 Å². The summed E-state index contributed by atoms with van der Waals surface area (Å²) in [5.41, 5.74) is 5.06. The number of aliphatic hydroxyl groups is 2. The zero-order valence-corrected chi connectivity index (χ0v) is 14.5. The van der Waals surface area contributed by atoms with Crippen LogP contribution in [0, 0.1) is 26.2 Å². The monoisotopic (exact) mass is 305 g/mol. The third-order valence-corrected chi connectivity index (χ3v) is 5.35. The van der Waals surface area contributed by atoms with Gasteiger partial charge in [-0.15, -0.1) is 0 Å². The highest BCUT2D eigenvalue weighted by atomic mass is 16.3. The highest BCUT2D eigenvalue weighted by Gasteiger charge is 2.41. The van der Waals surface area contributed by atoms with Crippen LogP contribution in [0.25, 0.3) is 0 Å². The number of benzene rings is 1. The highest BCUT2D eigenvalue weighted by Crippen LogP contribution is 2.36. The maximum absolute atomic E-state index is 10.6. The maximum atomic E-state index is 10.6. The van der Waals surface area contributed by atoms with Crippen molar-refractivity contribution in [3.05, 3.63) is 34.4 Å².